The summed E-state index contributed by atoms with van der Waals surface area (Å²) in [6.07, 6.45) is 3.97. The van der Waals surface area contributed by atoms with Gasteiger partial charge in [0.25, 0.3) is 0 Å². The highest BCUT2D eigenvalue weighted by atomic mass is 16.4. The summed E-state index contributed by atoms with van der Waals surface area (Å²) < 4.78 is 0. The van der Waals surface area contributed by atoms with Crippen LogP contribution in [0, 0.1) is 0 Å². The van der Waals surface area contributed by atoms with Crippen molar-refractivity contribution in [3.63, 3.8) is 0 Å². The summed E-state index contributed by atoms with van der Waals surface area (Å²) in [5.74, 6) is -0.747. The minimum absolute atomic E-state index is 0.0442. The first kappa shape index (κ1) is 11.1. The van der Waals surface area contributed by atoms with Crippen molar-refractivity contribution in [1.29, 1.82) is 0 Å². The minimum Gasteiger partial charge on any atom is -0.481 e. The summed E-state index contributed by atoms with van der Waals surface area (Å²) >= 11 is 0. The number of carboxylic acids is 1. The number of rotatable bonds is 5. The molecular weight excluding hydrogens is 202 g/mol. The number of nitrogens with two attached hydrogens (primary N) is 1. The van der Waals surface area contributed by atoms with Crippen LogP contribution >= 0.6 is 0 Å². The zero-order chi connectivity index (χ0) is 11.6. The second-order valence-electron chi connectivity index (χ2n) is 4.75. The van der Waals surface area contributed by atoms with E-state index in [-0.39, 0.29) is 12.0 Å². The van der Waals surface area contributed by atoms with Crippen molar-refractivity contribution < 1.29 is 9.90 Å². The minimum atomic E-state index is -0.747. The molecule has 1 fully saturated rings. The second-order valence-corrected chi connectivity index (χ2v) is 4.75. The smallest absolute Gasteiger partial charge is 0.303 e. The molecular formula is C13H17NO2. The van der Waals surface area contributed by atoms with E-state index in [1.54, 1.807) is 0 Å². The number of aliphatic carboxylic acids is 1. The molecule has 16 heavy (non-hydrogen) atoms. The molecule has 0 amide bonds. The maximum Gasteiger partial charge on any atom is 0.303 e. The van der Waals surface area contributed by atoms with E-state index in [1.165, 1.54) is 5.56 Å². The number of benzene rings is 1. The van der Waals surface area contributed by atoms with E-state index in [1.807, 2.05) is 12.1 Å². The topological polar surface area (TPSA) is 63.3 Å². The summed E-state index contributed by atoms with van der Waals surface area (Å²) in [6, 6.07) is 8.13. The van der Waals surface area contributed by atoms with Crippen molar-refractivity contribution in [2.24, 2.45) is 5.73 Å². The molecule has 1 aliphatic rings. The highest BCUT2D eigenvalue weighted by Gasteiger charge is 2.37. The highest BCUT2D eigenvalue weighted by Crippen LogP contribution is 2.35. The lowest BCUT2D eigenvalue weighted by Crippen LogP contribution is -2.24. The van der Waals surface area contributed by atoms with Gasteiger partial charge in [-0.3, -0.25) is 4.79 Å². The molecule has 1 aromatic rings. The Hall–Kier alpha value is -1.35. The maximum absolute atomic E-state index is 10.4. The van der Waals surface area contributed by atoms with Gasteiger partial charge in [-0.15, -0.1) is 0 Å². The van der Waals surface area contributed by atoms with E-state index >= 15 is 0 Å². The van der Waals surface area contributed by atoms with E-state index in [0.717, 1.165) is 24.8 Å². The largest absolute Gasteiger partial charge is 0.481 e. The zero-order valence-electron chi connectivity index (χ0n) is 9.28. The number of carboxylic acid groups (broad SMARTS) is 1. The molecule has 3 nitrogen and oxygen atoms in total. The lowest BCUT2D eigenvalue weighted by atomic mass is 10.0. The maximum atomic E-state index is 10.4. The van der Waals surface area contributed by atoms with Crippen LogP contribution in [0.3, 0.4) is 0 Å². The summed E-state index contributed by atoms with van der Waals surface area (Å²) in [7, 11) is 0. The van der Waals surface area contributed by atoms with E-state index in [9.17, 15) is 4.79 Å². The van der Waals surface area contributed by atoms with Gasteiger partial charge in [0, 0.05) is 12.0 Å². The molecule has 1 saturated carbocycles. The van der Waals surface area contributed by atoms with E-state index < -0.39 is 5.97 Å². The average molecular weight is 219 g/mol. The second kappa shape index (κ2) is 4.26. The van der Waals surface area contributed by atoms with Gasteiger partial charge in [-0.2, -0.15) is 0 Å². The van der Waals surface area contributed by atoms with Crippen LogP contribution in [-0.4, -0.2) is 16.6 Å². The van der Waals surface area contributed by atoms with Crippen LogP contribution in [0.1, 0.15) is 30.4 Å². The predicted molar refractivity (Wildman–Crippen MR) is 62.3 cm³/mol. The van der Waals surface area contributed by atoms with Gasteiger partial charge >= 0.3 is 5.97 Å². The monoisotopic (exact) mass is 219 g/mol. The van der Waals surface area contributed by atoms with Crippen molar-refractivity contribution in [1.82, 2.24) is 0 Å². The molecule has 3 N–H and O–H groups in total. The van der Waals surface area contributed by atoms with Crippen molar-refractivity contribution in [2.45, 2.75) is 37.6 Å². The van der Waals surface area contributed by atoms with Crippen molar-refractivity contribution in [2.75, 3.05) is 0 Å². The first-order valence-electron chi connectivity index (χ1n) is 5.66. The molecule has 0 spiro atoms. The third-order valence-corrected chi connectivity index (χ3v) is 3.10. The molecule has 0 heterocycles. The fourth-order valence-corrected chi connectivity index (χ4v) is 1.82. The molecule has 0 saturated heterocycles. The van der Waals surface area contributed by atoms with Gasteiger partial charge in [-0.05, 0) is 36.8 Å². The third-order valence-electron chi connectivity index (χ3n) is 3.10. The van der Waals surface area contributed by atoms with Crippen LogP contribution in [-0.2, 0) is 17.6 Å². The predicted octanol–water partition coefficient (Wildman–Crippen LogP) is 1.74. The normalized spacial score (nSPS) is 17.1. The third kappa shape index (κ3) is 3.07. The number of hydrogen-bond acceptors (Lipinski definition) is 2. The number of hydrogen-bond donors (Lipinski definition) is 2. The van der Waals surface area contributed by atoms with Crippen LogP contribution in [0.2, 0.25) is 0 Å². The Bertz CT molecular complexity index is 379. The molecule has 0 unspecified atom stereocenters. The van der Waals surface area contributed by atoms with Gasteiger partial charge in [-0.1, -0.05) is 24.3 Å². The SMILES string of the molecule is NC1(Cc2ccc(CCC(=O)O)cc2)CC1. The van der Waals surface area contributed by atoms with Gasteiger partial charge < -0.3 is 10.8 Å². The fourth-order valence-electron chi connectivity index (χ4n) is 1.82. The van der Waals surface area contributed by atoms with Gasteiger partial charge in [0.2, 0.25) is 0 Å². The van der Waals surface area contributed by atoms with E-state index in [4.69, 9.17) is 10.8 Å². The van der Waals surface area contributed by atoms with Gasteiger partial charge in [0.15, 0.2) is 0 Å². The Morgan fingerprint density at radius 1 is 1.25 bits per heavy atom. The quantitative estimate of drug-likeness (QED) is 0.792. The standard InChI is InChI=1S/C13H17NO2/c14-13(7-8-13)9-11-3-1-10(2-4-11)5-6-12(15)16/h1-4H,5-9,14H2,(H,15,16). The average Bonchev–Trinajstić information content (AvgIpc) is 2.95. The molecule has 0 atom stereocenters. The Kier molecular flexibility index (Phi) is 2.97. The van der Waals surface area contributed by atoms with Crippen LogP contribution in [0.5, 0.6) is 0 Å². The van der Waals surface area contributed by atoms with Crippen molar-refractivity contribution in [3.05, 3.63) is 35.4 Å². The van der Waals surface area contributed by atoms with Gasteiger partial charge in [-0.25, -0.2) is 0 Å². The van der Waals surface area contributed by atoms with E-state index in [2.05, 4.69) is 12.1 Å². The Morgan fingerprint density at radius 3 is 2.31 bits per heavy atom. The molecule has 86 valence electrons. The molecule has 2 rings (SSSR count). The first-order chi connectivity index (χ1) is 7.57. The van der Waals surface area contributed by atoms with Crippen LogP contribution in [0.4, 0.5) is 0 Å². The summed E-state index contributed by atoms with van der Waals surface area (Å²) in [5, 5.41) is 8.57. The van der Waals surface area contributed by atoms with Crippen LogP contribution in [0.25, 0.3) is 0 Å². The number of aryl methyl sites for hydroxylation is 1. The summed E-state index contributed by atoms with van der Waals surface area (Å²) in [6.45, 7) is 0. The first-order valence-corrected chi connectivity index (χ1v) is 5.66. The zero-order valence-corrected chi connectivity index (χ0v) is 9.28. The molecule has 3 heteroatoms. The van der Waals surface area contributed by atoms with Crippen molar-refractivity contribution in [3.8, 4) is 0 Å². The molecule has 0 bridgehead atoms. The Balaban J connectivity index is 1.91. The molecule has 1 aromatic carbocycles. The van der Waals surface area contributed by atoms with Crippen molar-refractivity contribution >= 4 is 5.97 Å². The highest BCUT2D eigenvalue weighted by molar-refractivity contribution is 5.67. The summed E-state index contributed by atoms with van der Waals surface area (Å²) in [4.78, 5) is 10.4. The lowest BCUT2D eigenvalue weighted by molar-refractivity contribution is -0.136. The fraction of sp³-hybridized carbons (Fsp3) is 0.462. The van der Waals surface area contributed by atoms with Gasteiger partial charge in [0.1, 0.15) is 0 Å². The summed E-state index contributed by atoms with van der Waals surface area (Å²) in [5.41, 5.74) is 8.41. The number of carbonyl (C=O) groups is 1. The molecule has 0 aliphatic heterocycles. The Labute approximate surface area is 95.3 Å². The van der Waals surface area contributed by atoms with Crippen LogP contribution < -0.4 is 5.73 Å². The Morgan fingerprint density at radius 2 is 1.81 bits per heavy atom. The molecule has 1 aliphatic carbocycles. The molecule has 0 radical (unpaired) electrons. The van der Waals surface area contributed by atoms with Crippen LogP contribution in [0.15, 0.2) is 24.3 Å². The van der Waals surface area contributed by atoms with Gasteiger partial charge in [0.05, 0.1) is 0 Å². The lowest BCUT2D eigenvalue weighted by Gasteiger charge is -2.08. The van der Waals surface area contributed by atoms with E-state index in [0.29, 0.717) is 6.42 Å². The molecule has 0 aromatic heterocycles.